The van der Waals surface area contributed by atoms with Crippen LogP contribution in [0.25, 0.3) is 0 Å². The van der Waals surface area contributed by atoms with Crippen LogP contribution < -0.4 is 10.5 Å². The first-order valence-electron chi connectivity index (χ1n) is 6.14. The molecule has 4 nitrogen and oxygen atoms in total. The van der Waals surface area contributed by atoms with E-state index < -0.39 is 0 Å². The number of nitrogens with zero attached hydrogens (tertiary/aromatic N) is 1. The molecule has 0 spiro atoms. The number of pyridine rings is 1. The second kappa shape index (κ2) is 5.98. The standard InChI is InChI=1S/C13H20N2O2/c1-16-13-11(5-3-7-15-13)9-17-12-6-2-4-10(12)8-14/h3,5,7,10,12H,2,4,6,8-9,14H2,1H3. The quantitative estimate of drug-likeness (QED) is 0.846. The van der Waals surface area contributed by atoms with Crippen molar-refractivity contribution >= 4 is 0 Å². The van der Waals surface area contributed by atoms with E-state index in [1.54, 1.807) is 13.3 Å². The maximum atomic E-state index is 5.94. The van der Waals surface area contributed by atoms with Crippen molar-refractivity contribution in [1.82, 2.24) is 4.98 Å². The number of ether oxygens (including phenoxy) is 2. The number of nitrogens with two attached hydrogens (primary N) is 1. The maximum absolute atomic E-state index is 5.94. The summed E-state index contributed by atoms with van der Waals surface area (Å²) in [7, 11) is 1.63. The average molecular weight is 236 g/mol. The van der Waals surface area contributed by atoms with E-state index in [-0.39, 0.29) is 0 Å². The third-order valence-corrected chi connectivity index (χ3v) is 3.39. The Morgan fingerprint density at radius 2 is 2.35 bits per heavy atom. The van der Waals surface area contributed by atoms with Gasteiger partial charge in [-0.2, -0.15) is 0 Å². The molecular formula is C13H20N2O2. The zero-order valence-corrected chi connectivity index (χ0v) is 10.3. The summed E-state index contributed by atoms with van der Waals surface area (Å²) in [6.07, 6.45) is 5.54. The van der Waals surface area contributed by atoms with Crippen molar-refractivity contribution in [3.8, 4) is 5.88 Å². The van der Waals surface area contributed by atoms with E-state index in [2.05, 4.69) is 4.98 Å². The van der Waals surface area contributed by atoms with E-state index in [0.717, 1.165) is 18.5 Å². The second-order valence-corrected chi connectivity index (χ2v) is 4.45. The second-order valence-electron chi connectivity index (χ2n) is 4.45. The summed E-state index contributed by atoms with van der Waals surface area (Å²) in [6, 6.07) is 3.88. The first-order valence-corrected chi connectivity index (χ1v) is 6.14. The van der Waals surface area contributed by atoms with E-state index in [4.69, 9.17) is 15.2 Å². The number of aromatic nitrogens is 1. The Balaban J connectivity index is 1.93. The molecule has 0 aliphatic heterocycles. The van der Waals surface area contributed by atoms with Crippen LogP contribution in [0.3, 0.4) is 0 Å². The van der Waals surface area contributed by atoms with Crippen LogP contribution in [0.5, 0.6) is 5.88 Å². The van der Waals surface area contributed by atoms with Crippen LogP contribution >= 0.6 is 0 Å². The smallest absolute Gasteiger partial charge is 0.218 e. The van der Waals surface area contributed by atoms with Crippen LogP contribution in [0.4, 0.5) is 0 Å². The van der Waals surface area contributed by atoms with Gasteiger partial charge in [-0.15, -0.1) is 0 Å². The summed E-state index contributed by atoms with van der Waals surface area (Å²) in [6.45, 7) is 1.27. The molecule has 1 heterocycles. The largest absolute Gasteiger partial charge is 0.481 e. The molecule has 2 atom stereocenters. The van der Waals surface area contributed by atoms with Gasteiger partial charge in [0.15, 0.2) is 0 Å². The number of hydrogen-bond donors (Lipinski definition) is 1. The van der Waals surface area contributed by atoms with Gasteiger partial charge in [-0.1, -0.05) is 6.42 Å². The molecule has 0 radical (unpaired) electrons. The summed E-state index contributed by atoms with van der Waals surface area (Å²) in [5.41, 5.74) is 6.73. The molecule has 4 heteroatoms. The van der Waals surface area contributed by atoms with Crippen molar-refractivity contribution in [1.29, 1.82) is 0 Å². The molecular weight excluding hydrogens is 216 g/mol. The molecule has 1 aromatic heterocycles. The summed E-state index contributed by atoms with van der Waals surface area (Å²) < 4.78 is 11.1. The fourth-order valence-electron chi connectivity index (χ4n) is 2.41. The average Bonchev–Trinajstić information content (AvgIpc) is 2.84. The van der Waals surface area contributed by atoms with Crippen molar-refractivity contribution in [3.63, 3.8) is 0 Å². The molecule has 1 saturated carbocycles. The van der Waals surface area contributed by atoms with Gasteiger partial charge < -0.3 is 15.2 Å². The minimum Gasteiger partial charge on any atom is -0.481 e. The fourth-order valence-corrected chi connectivity index (χ4v) is 2.41. The molecule has 1 aliphatic rings. The summed E-state index contributed by atoms with van der Waals surface area (Å²) >= 11 is 0. The van der Waals surface area contributed by atoms with Crippen LogP contribution in [0.1, 0.15) is 24.8 Å². The molecule has 1 fully saturated rings. The third kappa shape index (κ3) is 2.96. The van der Waals surface area contributed by atoms with Crippen LogP contribution in [0, 0.1) is 5.92 Å². The number of hydrogen-bond acceptors (Lipinski definition) is 4. The van der Waals surface area contributed by atoms with Gasteiger partial charge in [0.1, 0.15) is 0 Å². The number of rotatable bonds is 5. The Morgan fingerprint density at radius 1 is 1.47 bits per heavy atom. The summed E-state index contributed by atoms with van der Waals surface area (Å²) in [5, 5.41) is 0. The van der Waals surface area contributed by atoms with Crippen molar-refractivity contribution in [2.45, 2.75) is 32.0 Å². The highest BCUT2D eigenvalue weighted by atomic mass is 16.5. The van der Waals surface area contributed by atoms with Crippen molar-refractivity contribution in [2.24, 2.45) is 11.7 Å². The van der Waals surface area contributed by atoms with Gasteiger partial charge in [0.05, 0.1) is 19.8 Å². The Hall–Kier alpha value is -1.13. The van der Waals surface area contributed by atoms with E-state index in [1.165, 1.54) is 12.8 Å². The lowest BCUT2D eigenvalue weighted by molar-refractivity contribution is 0.0172. The van der Waals surface area contributed by atoms with E-state index in [0.29, 0.717) is 24.5 Å². The van der Waals surface area contributed by atoms with Crippen LogP contribution in [0.2, 0.25) is 0 Å². The maximum Gasteiger partial charge on any atom is 0.218 e. The van der Waals surface area contributed by atoms with Crippen molar-refractivity contribution in [3.05, 3.63) is 23.9 Å². The van der Waals surface area contributed by atoms with Crippen LogP contribution in [0.15, 0.2) is 18.3 Å². The molecule has 2 N–H and O–H groups in total. The molecule has 1 aromatic rings. The first kappa shape index (κ1) is 12.3. The third-order valence-electron chi connectivity index (χ3n) is 3.39. The zero-order chi connectivity index (χ0) is 12.1. The fraction of sp³-hybridized carbons (Fsp3) is 0.615. The minimum atomic E-state index is 0.296. The molecule has 0 bridgehead atoms. The lowest BCUT2D eigenvalue weighted by Gasteiger charge is -2.19. The molecule has 0 saturated heterocycles. The van der Waals surface area contributed by atoms with Gasteiger partial charge in [-0.05, 0) is 37.4 Å². The van der Waals surface area contributed by atoms with Crippen molar-refractivity contribution in [2.75, 3.05) is 13.7 Å². The van der Waals surface area contributed by atoms with Gasteiger partial charge in [-0.3, -0.25) is 0 Å². The molecule has 2 rings (SSSR count). The lowest BCUT2D eigenvalue weighted by atomic mass is 10.1. The van der Waals surface area contributed by atoms with E-state index in [9.17, 15) is 0 Å². The van der Waals surface area contributed by atoms with Gasteiger partial charge in [-0.25, -0.2) is 4.98 Å². The van der Waals surface area contributed by atoms with Gasteiger partial charge in [0.2, 0.25) is 5.88 Å². The topological polar surface area (TPSA) is 57.4 Å². The minimum absolute atomic E-state index is 0.296. The monoisotopic (exact) mass is 236 g/mol. The molecule has 94 valence electrons. The SMILES string of the molecule is COc1ncccc1COC1CCCC1CN. The van der Waals surface area contributed by atoms with Gasteiger partial charge in [0.25, 0.3) is 0 Å². The summed E-state index contributed by atoms with van der Waals surface area (Å²) in [5.74, 6) is 1.16. The first-order chi connectivity index (χ1) is 8.35. The Bertz CT molecular complexity index is 357. The summed E-state index contributed by atoms with van der Waals surface area (Å²) in [4.78, 5) is 4.15. The Labute approximate surface area is 102 Å². The highest BCUT2D eigenvalue weighted by Gasteiger charge is 2.26. The van der Waals surface area contributed by atoms with Gasteiger partial charge >= 0.3 is 0 Å². The van der Waals surface area contributed by atoms with E-state index in [1.807, 2.05) is 12.1 Å². The highest BCUT2D eigenvalue weighted by molar-refractivity contribution is 5.24. The molecule has 17 heavy (non-hydrogen) atoms. The predicted molar refractivity (Wildman–Crippen MR) is 65.8 cm³/mol. The number of methoxy groups -OCH3 is 1. The Morgan fingerprint density at radius 3 is 3.12 bits per heavy atom. The molecule has 0 aromatic carbocycles. The van der Waals surface area contributed by atoms with E-state index >= 15 is 0 Å². The highest BCUT2D eigenvalue weighted by Crippen LogP contribution is 2.28. The zero-order valence-electron chi connectivity index (χ0n) is 10.3. The Kier molecular flexibility index (Phi) is 4.34. The lowest BCUT2D eigenvalue weighted by Crippen LogP contribution is -2.25. The van der Waals surface area contributed by atoms with Crippen LogP contribution in [-0.2, 0) is 11.3 Å². The van der Waals surface area contributed by atoms with Crippen molar-refractivity contribution < 1.29 is 9.47 Å². The molecule has 2 unspecified atom stereocenters. The van der Waals surface area contributed by atoms with Gasteiger partial charge in [0, 0.05) is 11.8 Å². The normalized spacial score (nSPS) is 23.9. The predicted octanol–water partition coefficient (Wildman–Crippen LogP) is 1.73. The molecule has 1 aliphatic carbocycles. The van der Waals surface area contributed by atoms with Crippen LogP contribution in [-0.4, -0.2) is 24.7 Å². The molecule has 0 amide bonds.